The van der Waals surface area contributed by atoms with Gasteiger partial charge < -0.3 is 15.0 Å². The van der Waals surface area contributed by atoms with Crippen molar-refractivity contribution >= 4 is 41.5 Å². The van der Waals surface area contributed by atoms with Crippen LogP contribution in [0.25, 0.3) is 0 Å². The lowest BCUT2D eigenvalue weighted by Gasteiger charge is -2.22. The summed E-state index contributed by atoms with van der Waals surface area (Å²) >= 11 is 6.09. The fraction of sp³-hybridized carbons (Fsp3) is 0.611. The van der Waals surface area contributed by atoms with Crippen molar-refractivity contribution in [2.45, 2.75) is 31.7 Å². The Labute approximate surface area is 167 Å². The number of likely N-dealkylation sites (tertiary alicyclic amines) is 1. The number of benzene rings is 1. The summed E-state index contributed by atoms with van der Waals surface area (Å²) in [5.74, 6) is 2.20. The summed E-state index contributed by atoms with van der Waals surface area (Å²) in [5, 5.41) is 4.43. The van der Waals surface area contributed by atoms with Crippen molar-refractivity contribution < 1.29 is 4.74 Å². The summed E-state index contributed by atoms with van der Waals surface area (Å²) in [6.45, 7) is 5.81. The van der Waals surface area contributed by atoms with Crippen molar-refractivity contribution in [3.05, 3.63) is 34.9 Å². The lowest BCUT2D eigenvalue weighted by molar-refractivity contribution is 0.114. The van der Waals surface area contributed by atoms with Crippen molar-refractivity contribution in [1.82, 2.24) is 10.2 Å². The van der Waals surface area contributed by atoms with Crippen LogP contribution in [0.5, 0.6) is 0 Å². The highest BCUT2D eigenvalue weighted by Crippen LogP contribution is 2.41. The first-order valence-corrected chi connectivity index (χ1v) is 8.90. The van der Waals surface area contributed by atoms with Gasteiger partial charge in [0.1, 0.15) is 0 Å². The smallest absolute Gasteiger partial charge is 0.193 e. The Bertz CT molecular complexity index is 569. The van der Waals surface area contributed by atoms with Crippen LogP contribution in [0.15, 0.2) is 29.3 Å². The van der Waals surface area contributed by atoms with E-state index in [0.29, 0.717) is 17.9 Å². The van der Waals surface area contributed by atoms with Crippen LogP contribution in [0, 0.1) is 5.92 Å². The maximum atomic E-state index is 6.09. The minimum Gasteiger partial charge on any atom is -0.381 e. The van der Waals surface area contributed by atoms with Crippen LogP contribution in [-0.4, -0.2) is 50.3 Å². The van der Waals surface area contributed by atoms with Crippen LogP contribution in [0.3, 0.4) is 0 Å². The number of hydrogen-bond acceptors (Lipinski definition) is 2. The predicted molar refractivity (Wildman–Crippen MR) is 111 cm³/mol. The molecule has 0 aromatic heterocycles. The molecule has 1 N–H and O–H groups in total. The topological polar surface area (TPSA) is 36.9 Å². The second kappa shape index (κ2) is 9.25. The number of aliphatic imine (C=N–C) groups is 1. The number of nitrogens with zero attached hydrogens (tertiary/aromatic N) is 2. The monoisotopic (exact) mass is 463 g/mol. The molecule has 0 spiro atoms. The Kier molecular flexibility index (Phi) is 7.62. The van der Waals surface area contributed by atoms with E-state index < -0.39 is 0 Å². The summed E-state index contributed by atoms with van der Waals surface area (Å²) in [4.78, 5) is 6.83. The van der Waals surface area contributed by atoms with Crippen molar-refractivity contribution in [3.63, 3.8) is 0 Å². The van der Waals surface area contributed by atoms with Crippen LogP contribution >= 0.6 is 35.6 Å². The molecule has 3 rings (SSSR count). The van der Waals surface area contributed by atoms with Gasteiger partial charge in [-0.15, -0.1) is 24.0 Å². The van der Waals surface area contributed by atoms with Gasteiger partial charge in [0.25, 0.3) is 0 Å². The Morgan fingerprint density at radius 3 is 3.00 bits per heavy atom. The molecule has 0 bridgehead atoms. The van der Waals surface area contributed by atoms with Crippen molar-refractivity contribution in [2.24, 2.45) is 10.9 Å². The van der Waals surface area contributed by atoms with E-state index in [1.54, 1.807) is 0 Å². The molecule has 1 aromatic rings. The van der Waals surface area contributed by atoms with E-state index >= 15 is 0 Å². The normalized spacial score (nSPS) is 26.2. The van der Waals surface area contributed by atoms with Gasteiger partial charge >= 0.3 is 0 Å². The summed E-state index contributed by atoms with van der Waals surface area (Å²) < 4.78 is 5.56. The first-order valence-electron chi connectivity index (χ1n) is 8.52. The summed E-state index contributed by atoms with van der Waals surface area (Å²) in [5.41, 5.74) is 1.32. The minimum atomic E-state index is 0. The number of rotatable bonds is 5. The molecule has 24 heavy (non-hydrogen) atoms. The van der Waals surface area contributed by atoms with E-state index in [2.05, 4.69) is 34.3 Å². The first-order chi connectivity index (χ1) is 11.2. The molecular weight excluding hydrogens is 437 g/mol. The van der Waals surface area contributed by atoms with E-state index in [9.17, 15) is 0 Å². The van der Waals surface area contributed by atoms with Crippen molar-refractivity contribution in [3.8, 4) is 0 Å². The zero-order valence-electron chi connectivity index (χ0n) is 14.4. The van der Waals surface area contributed by atoms with Gasteiger partial charge in [-0.2, -0.15) is 0 Å². The van der Waals surface area contributed by atoms with Gasteiger partial charge in [-0.25, -0.2) is 0 Å². The lowest BCUT2D eigenvalue weighted by Crippen LogP contribution is -2.41. The van der Waals surface area contributed by atoms with Gasteiger partial charge in [-0.1, -0.05) is 23.7 Å². The zero-order chi connectivity index (χ0) is 16.2. The molecule has 2 fully saturated rings. The largest absolute Gasteiger partial charge is 0.381 e. The van der Waals surface area contributed by atoms with Crippen molar-refractivity contribution in [2.75, 3.05) is 33.4 Å². The summed E-state index contributed by atoms with van der Waals surface area (Å²) in [6, 6.07) is 8.66. The highest BCUT2D eigenvalue weighted by atomic mass is 127. The fourth-order valence-electron chi connectivity index (χ4n) is 3.37. The lowest BCUT2D eigenvalue weighted by atomic mass is 10.1. The van der Waals surface area contributed by atoms with Crippen molar-refractivity contribution in [1.29, 1.82) is 0 Å². The Morgan fingerprint density at radius 2 is 2.29 bits per heavy atom. The van der Waals surface area contributed by atoms with Crippen LogP contribution in [0.1, 0.15) is 31.2 Å². The molecule has 3 unspecified atom stereocenters. The third kappa shape index (κ3) is 4.99. The molecule has 1 saturated heterocycles. The number of guanidine groups is 1. The van der Waals surface area contributed by atoms with Crippen LogP contribution < -0.4 is 5.32 Å². The van der Waals surface area contributed by atoms with Gasteiger partial charge in [-0.3, -0.25) is 4.99 Å². The standard InChI is InChI=1S/C18H26ClN3O.HI/c1-3-23-12-13-7-8-22(11-13)18(20-2)21-17-10-16(17)14-5-4-6-15(19)9-14;/h4-6,9,13,16-17H,3,7-8,10-12H2,1-2H3,(H,20,21);1H. The average Bonchev–Trinajstić information content (AvgIpc) is 3.18. The second-order valence-electron chi connectivity index (χ2n) is 6.46. The van der Waals surface area contributed by atoms with Gasteiger partial charge in [-0.05, 0) is 37.5 Å². The molecule has 1 aliphatic heterocycles. The quantitative estimate of drug-likeness (QED) is 0.410. The zero-order valence-corrected chi connectivity index (χ0v) is 17.5. The molecule has 0 radical (unpaired) electrons. The average molecular weight is 464 g/mol. The van der Waals surface area contributed by atoms with E-state index in [4.69, 9.17) is 16.3 Å². The Hall–Kier alpha value is -0.530. The SMILES string of the molecule is CCOCC1CCN(C(=NC)NC2CC2c2cccc(Cl)c2)C1.I. The Morgan fingerprint density at radius 1 is 1.46 bits per heavy atom. The van der Waals surface area contributed by atoms with E-state index in [-0.39, 0.29) is 24.0 Å². The third-order valence-electron chi connectivity index (χ3n) is 4.74. The highest BCUT2D eigenvalue weighted by Gasteiger charge is 2.40. The molecule has 1 aromatic carbocycles. The molecule has 2 aliphatic rings. The van der Waals surface area contributed by atoms with Crippen LogP contribution in [-0.2, 0) is 4.74 Å². The molecule has 1 aliphatic carbocycles. The van der Waals surface area contributed by atoms with Gasteiger partial charge in [0.05, 0.1) is 6.61 Å². The number of ether oxygens (including phenoxy) is 1. The third-order valence-corrected chi connectivity index (χ3v) is 4.97. The van der Waals surface area contributed by atoms with Gasteiger partial charge in [0.15, 0.2) is 5.96 Å². The number of hydrogen-bond donors (Lipinski definition) is 1. The first kappa shape index (κ1) is 19.8. The molecule has 6 heteroatoms. The fourth-order valence-corrected chi connectivity index (χ4v) is 3.57. The maximum absolute atomic E-state index is 6.09. The molecular formula is C18H27ClIN3O. The van der Waals surface area contributed by atoms with E-state index in [1.165, 1.54) is 12.0 Å². The molecule has 1 saturated carbocycles. The summed E-state index contributed by atoms with van der Waals surface area (Å²) in [7, 11) is 1.87. The second-order valence-corrected chi connectivity index (χ2v) is 6.89. The van der Waals surface area contributed by atoms with Gasteiger partial charge in [0, 0.05) is 49.6 Å². The summed E-state index contributed by atoms with van der Waals surface area (Å²) in [6.07, 6.45) is 2.33. The molecule has 1 heterocycles. The molecule has 0 amide bonds. The molecule has 3 atom stereocenters. The molecule has 4 nitrogen and oxygen atoms in total. The van der Waals surface area contributed by atoms with Gasteiger partial charge in [0.2, 0.25) is 0 Å². The minimum absolute atomic E-state index is 0. The Balaban J connectivity index is 0.00000208. The van der Waals surface area contributed by atoms with Crippen LogP contribution in [0.4, 0.5) is 0 Å². The number of nitrogens with one attached hydrogen (secondary N) is 1. The van der Waals surface area contributed by atoms with Crippen LogP contribution in [0.2, 0.25) is 5.02 Å². The maximum Gasteiger partial charge on any atom is 0.193 e. The number of halogens is 2. The van der Waals surface area contributed by atoms with E-state index in [1.807, 2.05) is 19.2 Å². The van der Waals surface area contributed by atoms with E-state index in [0.717, 1.165) is 43.7 Å². The highest BCUT2D eigenvalue weighted by molar-refractivity contribution is 14.0. The predicted octanol–water partition coefficient (Wildman–Crippen LogP) is 3.75. The molecule has 134 valence electrons.